The summed E-state index contributed by atoms with van der Waals surface area (Å²) in [5.41, 5.74) is 0.587. The maximum Gasteiger partial charge on any atom is 0.524 e. The molecule has 1 aromatic carbocycles. The molecule has 0 saturated heterocycles. The number of carbonyl (C=O) groups is 2. The van der Waals surface area contributed by atoms with Gasteiger partial charge < -0.3 is 9.84 Å². The summed E-state index contributed by atoms with van der Waals surface area (Å²) >= 11 is 3.36. The molecule has 1 aliphatic heterocycles. The number of amides is 1. The summed E-state index contributed by atoms with van der Waals surface area (Å²) in [6.45, 7) is 5.36. The van der Waals surface area contributed by atoms with Crippen molar-refractivity contribution in [2.24, 2.45) is 0 Å². The Morgan fingerprint density at radius 3 is 2.38 bits per heavy atom. The van der Waals surface area contributed by atoms with E-state index in [1.165, 1.54) is 7.11 Å². The van der Waals surface area contributed by atoms with E-state index in [0.717, 1.165) is 4.47 Å². The number of fused-ring (bicyclic) bond motifs is 1. The second-order valence-electron chi connectivity index (χ2n) is 5.85. The van der Waals surface area contributed by atoms with Crippen LogP contribution in [0.3, 0.4) is 0 Å². The smallest absolute Gasteiger partial charge is 0.462 e. The fraction of sp³-hybridized carbons (Fsp3) is 0.333. The number of quaternary nitrogens is 1. The second kappa shape index (κ2) is 4.96. The van der Waals surface area contributed by atoms with Gasteiger partial charge >= 0.3 is 12.1 Å². The van der Waals surface area contributed by atoms with Crippen LogP contribution in [0.2, 0.25) is 0 Å². The molecule has 1 unspecified atom stereocenters. The maximum absolute atomic E-state index is 12.2. The fourth-order valence-electron chi connectivity index (χ4n) is 2.82. The summed E-state index contributed by atoms with van der Waals surface area (Å²) in [6, 6.07) is 5.34. The van der Waals surface area contributed by atoms with Gasteiger partial charge in [0, 0.05) is 22.2 Å². The van der Waals surface area contributed by atoms with Crippen molar-refractivity contribution in [2.75, 3.05) is 7.11 Å². The molecule has 0 aromatic heterocycles. The first-order valence-electron chi connectivity index (χ1n) is 6.39. The van der Waals surface area contributed by atoms with Crippen molar-refractivity contribution in [1.82, 2.24) is 4.48 Å². The van der Waals surface area contributed by atoms with Gasteiger partial charge in [0.15, 0.2) is 5.69 Å². The molecule has 0 spiro atoms. The first kappa shape index (κ1) is 15.7. The van der Waals surface area contributed by atoms with Gasteiger partial charge in [-0.1, -0.05) is 15.9 Å². The molecule has 0 bridgehead atoms. The van der Waals surface area contributed by atoms with Crippen LogP contribution in [0.25, 0.3) is 6.08 Å². The van der Waals surface area contributed by atoms with E-state index in [1.54, 1.807) is 39.0 Å². The molecule has 1 aromatic rings. The molecule has 1 atom stereocenters. The number of benzene rings is 1. The number of carbonyl (C=O) groups excluding carboxylic acids is 1. The molecule has 1 N–H and O–H groups in total. The topological polar surface area (TPSA) is 63.6 Å². The highest BCUT2D eigenvalue weighted by atomic mass is 79.9. The van der Waals surface area contributed by atoms with E-state index >= 15 is 0 Å². The second-order valence-corrected chi connectivity index (χ2v) is 6.76. The first-order chi connectivity index (χ1) is 9.66. The summed E-state index contributed by atoms with van der Waals surface area (Å²) in [5, 5.41) is 9.96. The van der Waals surface area contributed by atoms with Crippen LogP contribution >= 0.6 is 15.9 Å². The highest BCUT2D eigenvalue weighted by molar-refractivity contribution is 9.10. The van der Waals surface area contributed by atoms with Gasteiger partial charge in [-0.15, -0.1) is 4.48 Å². The Hall–Kier alpha value is -1.66. The summed E-state index contributed by atoms with van der Waals surface area (Å²) in [6.07, 6.45) is 0.475. The summed E-state index contributed by atoms with van der Waals surface area (Å²) < 4.78 is 4.97. The SMILES string of the molecule is COC(=O)C1=Cc2ccc(Br)cc2[N+]1(C(=O)O)C(C)(C)C. The van der Waals surface area contributed by atoms with E-state index in [0.29, 0.717) is 11.3 Å². The Bertz CT molecular complexity index is 660. The van der Waals surface area contributed by atoms with Crippen LogP contribution in [-0.2, 0) is 9.53 Å². The molecule has 0 fully saturated rings. The number of halogens is 1. The Kier molecular flexibility index (Phi) is 3.71. The molecule has 1 amide bonds. The predicted octanol–water partition coefficient (Wildman–Crippen LogP) is 3.76. The van der Waals surface area contributed by atoms with Crippen LogP contribution in [0.4, 0.5) is 10.5 Å². The zero-order valence-electron chi connectivity index (χ0n) is 12.3. The number of rotatable bonds is 1. The third-order valence-electron chi connectivity index (χ3n) is 3.70. The molecule has 0 aliphatic carbocycles. The molecule has 0 saturated carbocycles. The van der Waals surface area contributed by atoms with Gasteiger partial charge in [0.05, 0.1) is 7.11 Å². The van der Waals surface area contributed by atoms with Crippen molar-refractivity contribution in [2.45, 2.75) is 26.3 Å². The molecular formula is C15H17BrNO4+. The number of hydrogen-bond donors (Lipinski definition) is 1. The molecule has 5 nitrogen and oxygen atoms in total. The van der Waals surface area contributed by atoms with Gasteiger partial charge in [-0.2, -0.15) is 4.79 Å². The van der Waals surface area contributed by atoms with Crippen LogP contribution in [0.15, 0.2) is 28.4 Å². The predicted molar refractivity (Wildman–Crippen MR) is 83.7 cm³/mol. The minimum absolute atomic E-state index is 0.102. The molecular weight excluding hydrogens is 338 g/mol. The number of carboxylic acid groups (broad SMARTS) is 1. The first-order valence-corrected chi connectivity index (χ1v) is 7.19. The lowest BCUT2D eigenvalue weighted by molar-refractivity contribution is -0.138. The molecule has 21 heavy (non-hydrogen) atoms. The van der Waals surface area contributed by atoms with Crippen LogP contribution in [0.5, 0.6) is 0 Å². The van der Waals surface area contributed by atoms with Crippen LogP contribution in [0, 0.1) is 0 Å². The third kappa shape index (κ3) is 2.10. The van der Waals surface area contributed by atoms with Gasteiger partial charge in [0.2, 0.25) is 5.70 Å². The lowest BCUT2D eigenvalue weighted by atomic mass is 9.99. The number of ether oxygens (including phenoxy) is 1. The summed E-state index contributed by atoms with van der Waals surface area (Å²) in [7, 11) is 1.25. The lowest BCUT2D eigenvalue weighted by Crippen LogP contribution is -2.64. The van der Waals surface area contributed by atoms with Gasteiger partial charge in [-0.25, -0.2) is 4.79 Å². The van der Waals surface area contributed by atoms with E-state index in [4.69, 9.17) is 4.74 Å². The largest absolute Gasteiger partial charge is 0.524 e. The number of hydrogen-bond acceptors (Lipinski definition) is 3. The molecule has 112 valence electrons. The lowest BCUT2D eigenvalue weighted by Gasteiger charge is -2.40. The zero-order valence-corrected chi connectivity index (χ0v) is 13.9. The van der Waals surface area contributed by atoms with Crippen LogP contribution < -0.4 is 4.48 Å². The maximum atomic E-state index is 12.2. The minimum Gasteiger partial charge on any atom is -0.462 e. The standard InChI is InChI=1S/C15H16BrNO4/c1-15(2,3)17(14(19)20)11-8-10(16)6-5-9(11)7-12(17)13(18)21-4/h5-8H,1-4H3/p+1. The number of nitrogens with zero attached hydrogens (tertiary/aromatic N) is 1. The van der Waals surface area contributed by atoms with Crippen LogP contribution in [-0.4, -0.2) is 29.8 Å². The van der Waals surface area contributed by atoms with E-state index in [2.05, 4.69) is 15.9 Å². The Labute approximate surface area is 131 Å². The average Bonchev–Trinajstić information content (AvgIpc) is 2.72. The van der Waals surface area contributed by atoms with Gasteiger partial charge in [-0.3, -0.25) is 0 Å². The van der Waals surface area contributed by atoms with E-state index in [9.17, 15) is 14.7 Å². The van der Waals surface area contributed by atoms with Crippen molar-refractivity contribution in [3.63, 3.8) is 0 Å². The highest BCUT2D eigenvalue weighted by Crippen LogP contribution is 2.47. The van der Waals surface area contributed by atoms with E-state index in [1.807, 2.05) is 6.07 Å². The molecule has 2 rings (SSSR count). The van der Waals surface area contributed by atoms with Crippen molar-refractivity contribution < 1.29 is 19.4 Å². The quantitative estimate of drug-likeness (QED) is 0.615. The van der Waals surface area contributed by atoms with Crippen molar-refractivity contribution in [3.05, 3.63) is 33.9 Å². The Morgan fingerprint density at radius 1 is 1.29 bits per heavy atom. The Balaban J connectivity index is 2.86. The van der Waals surface area contributed by atoms with E-state index in [-0.39, 0.29) is 5.70 Å². The average molecular weight is 355 g/mol. The third-order valence-corrected chi connectivity index (χ3v) is 4.19. The van der Waals surface area contributed by atoms with Crippen molar-refractivity contribution in [1.29, 1.82) is 0 Å². The zero-order chi connectivity index (χ0) is 16.0. The Morgan fingerprint density at radius 2 is 1.90 bits per heavy atom. The summed E-state index contributed by atoms with van der Waals surface area (Å²) in [4.78, 5) is 24.3. The van der Waals surface area contributed by atoms with Crippen molar-refractivity contribution >= 4 is 39.8 Å². The normalized spacial score (nSPS) is 20.7. The minimum atomic E-state index is -1.11. The fourth-order valence-corrected chi connectivity index (χ4v) is 3.17. The van der Waals surface area contributed by atoms with E-state index < -0.39 is 22.1 Å². The summed E-state index contributed by atoms with van der Waals surface area (Å²) in [5.74, 6) is -0.639. The molecule has 0 radical (unpaired) electrons. The van der Waals surface area contributed by atoms with Crippen LogP contribution in [0.1, 0.15) is 26.3 Å². The van der Waals surface area contributed by atoms with Crippen molar-refractivity contribution in [3.8, 4) is 0 Å². The molecule has 1 heterocycles. The van der Waals surface area contributed by atoms with Gasteiger partial charge in [0.25, 0.3) is 0 Å². The number of esters is 1. The van der Waals surface area contributed by atoms with Gasteiger partial charge in [-0.05, 0) is 32.9 Å². The number of methoxy groups -OCH3 is 1. The molecule has 6 heteroatoms. The van der Waals surface area contributed by atoms with Gasteiger partial charge in [0.1, 0.15) is 5.54 Å². The monoisotopic (exact) mass is 354 g/mol. The molecule has 1 aliphatic rings. The highest BCUT2D eigenvalue weighted by Gasteiger charge is 2.60.